The van der Waals surface area contributed by atoms with Gasteiger partial charge in [0.15, 0.2) is 0 Å². The Bertz CT molecular complexity index is 576. The van der Waals surface area contributed by atoms with Gasteiger partial charge in [0.05, 0.1) is 27.8 Å². The number of allylic oxidation sites excluding steroid dienone is 1. The van der Waals surface area contributed by atoms with Crippen LogP contribution >= 0.6 is 0 Å². The van der Waals surface area contributed by atoms with E-state index in [-0.39, 0.29) is 12.0 Å². The number of nitriles is 1. The molecule has 1 aromatic carbocycles. The molecule has 7 heteroatoms. The largest absolute Gasteiger partial charge is 0.397 e. The topological polar surface area (TPSA) is 93.0 Å². The van der Waals surface area contributed by atoms with Crippen LogP contribution in [0.4, 0.5) is 14.5 Å². The summed E-state index contributed by atoms with van der Waals surface area (Å²) in [6.07, 6.45) is 0.171. The van der Waals surface area contributed by atoms with Gasteiger partial charge in [0.25, 0.3) is 0 Å². The summed E-state index contributed by atoms with van der Waals surface area (Å²) in [6.45, 7) is 1.58. The van der Waals surface area contributed by atoms with Crippen LogP contribution in [0.2, 0.25) is 0 Å². The van der Waals surface area contributed by atoms with Gasteiger partial charge in [0.1, 0.15) is 5.82 Å². The van der Waals surface area contributed by atoms with Gasteiger partial charge in [-0.25, -0.2) is 4.39 Å². The fourth-order valence-corrected chi connectivity index (χ4v) is 1.41. The molecule has 0 aliphatic rings. The molecule has 0 aliphatic carbocycles. The highest BCUT2D eigenvalue weighted by Gasteiger charge is 2.24. The Hall–Kier alpha value is -2.49. The van der Waals surface area contributed by atoms with Gasteiger partial charge in [-0.1, -0.05) is 6.92 Å². The summed E-state index contributed by atoms with van der Waals surface area (Å²) in [4.78, 5) is 9.56. The van der Waals surface area contributed by atoms with E-state index in [0.717, 1.165) is 6.07 Å². The van der Waals surface area contributed by atoms with E-state index < -0.39 is 33.5 Å². The number of halogens is 2. The Morgan fingerprint density at radius 1 is 1.56 bits per heavy atom. The first-order chi connectivity index (χ1) is 8.43. The second kappa shape index (κ2) is 5.23. The lowest BCUT2D eigenvalue weighted by Crippen LogP contribution is -2.08. The third kappa shape index (κ3) is 2.27. The number of hydrogen-bond acceptors (Lipinski definition) is 4. The summed E-state index contributed by atoms with van der Waals surface area (Å²) in [6, 6.07) is 3.16. The van der Waals surface area contributed by atoms with Gasteiger partial charge in [-0.05, 0) is 12.5 Å². The van der Waals surface area contributed by atoms with Gasteiger partial charge in [-0.3, -0.25) is 10.1 Å². The zero-order valence-corrected chi connectivity index (χ0v) is 9.41. The number of benzene rings is 1. The molecule has 1 aromatic rings. The van der Waals surface area contributed by atoms with Crippen LogP contribution in [0.25, 0.3) is 5.70 Å². The minimum atomic E-state index is -1.38. The second-order valence-corrected chi connectivity index (χ2v) is 3.37. The van der Waals surface area contributed by atoms with E-state index in [2.05, 4.69) is 0 Å². The maximum Gasteiger partial charge on any atom is 0.305 e. The van der Waals surface area contributed by atoms with Crippen LogP contribution in [0.5, 0.6) is 0 Å². The summed E-state index contributed by atoms with van der Waals surface area (Å²) in [5.74, 6) is -2.42. The lowest BCUT2D eigenvalue weighted by atomic mass is 10.0. The van der Waals surface area contributed by atoms with Crippen molar-refractivity contribution in [2.75, 3.05) is 0 Å². The Balaban J connectivity index is 3.61. The Morgan fingerprint density at radius 3 is 2.61 bits per heavy atom. The molecule has 0 unspecified atom stereocenters. The molecule has 18 heavy (non-hydrogen) atoms. The number of nitrogens with zero attached hydrogens (tertiary/aromatic N) is 2. The summed E-state index contributed by atoms with van der Waals surface area (Å²) in [7, 11) is 0. The average molecular weight is 253 g/mol. The highest BCUT2D eigenvalue weighted by Crippen LogP contribution is 2.28. The smallest absolute Gasteiger partial charge is 0.305 e. The van der Waals surface area contributed by atoms with E-state index >= 15 is 0 Å². The van der Waals surface area contributed by atoms with Crippen molar-refractivity contribution < 1.29 is 13.7 Å². The molecule has 1 rings (SSSR count). The summed E-state index contributed by atoms with van der Waals surface area (Å²) >= 11 is 0. The standard InChI is InChI=1S/C11H9F2N3O2/c1-2-6(5-14)11(15)9-7(12)3-4-8(10(9)13)16(17)18/h3-4H,2,15H2,1H3/b11-6-. The van der Waals surface area contributed by atoms with Crippen molar-refractivity contribution in [2.24, 2.45) is 5.73 Å². The van der Waals surface area contributed by atoms with Crippen molar-refractivity contribution in [3.05, 3.63) is 45.0 Å². The Morgan fingerprint density at radius 2 is 2.17 bits per heavy atom. The first-order valence-corrected chi connectivity index (χ1v) is 4.95. The van der Waals surface area contributed by atoms with Crippen LogP contribution in [-0.2, 0) is 0 Å². The van der Waals surface area contributed by atoms with Crippen LogP contribution in [-0.4, -0.2) is 4.92 Å². The molecule has 2 N–H and O–H groups in total. The lowest BCUT2D eigenvalue weighted by molar-refractivity contribution is -0.387. The number of nitro groups is 1. The molecular formula is C11H9F2N3O2. The number of rotatable bonds is 3. The van der Waals surface area contributed by atoms with Gasteiger partial charge in [-0.15, -0.1) is 0 Å². The highest BCUT2D eigenvalue weighted by molar-refractivity contribution is 5.71. The molecule has 0 heterocycles. The molecule has 5 nitrogen and oxygen atoms in total. The fraction of sp³-hybridized carbons (Fsp3) is 0.182. The minimum absolute atomic E-state index is 0.0340. The minimum Gasteiger partial charge on any atom is -0.397 e. The van der Waals surface area contributed by atoms with Crippen molar-refractivity contribution in [1.29, 1.82) is 5.26 Å². The number of nitro benzene ring substituents is 1. The normalized spacial score (nSPS) is 11.7. The highest BCUT2D eigenvalue weighted by atomic mass is 19.1. The molecule has 94 valence electrons. The third-order valence-corrected chi connectivity index (χ3v) is 2.35. The summed E-state index contributed by atoms with van der Waals surface area (Å²) in [5.41, 5.74) is 3.41. The molecule has 0 bridgehead atoms. The van der Waals surface area contributed by atoms with E-state index in [0.29, 0.717) is 6.07 Å². The molecule has 0 aromatic heterocycles. The van der Waals surface area contributed by atoms with Gasteiger partial charge in [0.2, 0.25) is 5.82 Å². The fourth-order valence-electron chi connectivity index (χ4n) is 1.41. The molecule has 0 aliphatic heterocycles. The molecule has 0 atom stereocenters. The van der Waals surface area contributed by atoms with E-state index in [1.807, 2.05) is 0 Å². The quantitative estimate of drug-likeness (QED) is 0.508. The Labute approximate surface area is 101 Å². The molecule has 0 spiro atoms. The maximum absolute atomic E-state index is 13.8. The number of nitrogens with two attached hydrogens (primary N) is 1. The van der Waals surface area contributed by atoms with Gasteiger partial charge in [-0.2, -0.15) is 9.65 Å². The zero-order chi connectivity index (χ0) is 13.9. The van der Waals surface area contributed by atoms with Crippen molar-refractivity contribution in [3.8, 4) is 6.07 Å². The lowest BCUT2D eigenvalue weighted by Gasteiger charge is -2.07. The summed E-state index contributed by atoms with van der Waals surface area (Å²) in [5, 5.41) is 19.3. The van der Waals surface area contributed by atoms with Crippen LogP contribution < -0.4 is 5.73 Å². The van der Waals surface area contributed by atoms with Crippen LogP contribution in [0.3, 0.4) is 0 Å². The van der Waals surface area contributed by atoms with E-state index in [1.165, 1.54) is 0 Å². The van der Waals surface area contributed by atoms with Crippen LogP contribution in [0.1, 0.15) is 18.9 Å². The monoisotopic (exact) mass is 253 g/mol. The Kier molecular flexibility index (Phi) is 3.94. The van der Waals surface area contributed by atoms with Gasteiger partial charge < -0.3 is 5.73 Å². The summed E-state index contributed by atoms with van der Waals surface area (Å²) < 4.78 is 27.3. The maximum atomic E-state index is 13.8. The molecule has 0 saturated heterocycles. The van der Waals surface area contributed by atoms with Crippen molar-refractivity contribution in [3.63, 3.8) is 0 Å². The third-order valence-electron chi connectivity index (χ3n) is 2.35. The average Bonchev–Trinajstić information content (AvgIpc) is 2.30. The number of hydrogen-bond donors (Lipinski definition) is 1. The molecule has 0 saturated carbocycles. The first kappa shape index (κ1) is 13.6. The van der Waals surface area contributed by atoms with E-state index in [9.17, 15) is 18.9 Å². The first-order valence-electron chi connectivity index (χ1n) is 4.95. The van der Waals surface area contributed by atoms with Crippen molar-refractivity contribution in [2.45, 2.75) is 13.3 Å². The van der Waals surface area contributed by atoms with Gasteiger partial charge >= 0.3 is 5.69 Å². The SMILES string of the molecule is CC/C(C#N)=C(/N)c1c(F)ccc([N+](=O)[O-])c1F. The van der Waals surface area contributed by atoms with E-state index in [4.69, 9.17) is 11.0 Å². The van der Waals surface area contributed by atoms with Crippen LogP contribution in [0.15, 0.2) is 17.7 Å². The molecule has 0 fully saturated rings. The molecule has 0 amide bonds. The van der Waals surface area contributed by atoms with Crippen molar-refractivity contribution >= 4 is 11.4 Å². The predicted octanol–water partition coefficient (Wildman–Crippen LogP) is 2.48. The van der Waals surface area contributed by atoms with Crippen LogP contribution in [0, 0.1) is 33.1 Å². The predicted molar refractivity (Wildman–Crippen MR) is 60.0 cm³/mol. The second-order valence-electron chi connectivity index (χ2n) is 3.37. The van der Waals surface area contributed by atoms with E-state index in [1.54, 1.807) is 13.0 Å². The molecule has 0 radical (unpaired) electrons. The van der Waals surface area contributed by atoms with Gasteiger partial charge in [0, 0.05) is 6.07 Å². The zero-order valence-electron chi connectivity index (χ0n) is 9.41. The van der Waals surface area contributed by atoms with Crippen molar-refractivity contribution in [1.82, 2.24) is 0 Å². The molecular weight excluding hydrogens is 244 g/mol.